The maximum Gasteiger partial charge on any atom is 0.315 e. The Morgan fingerprint density at radius 2 is 1.62 bits per heavy atom. The van der Waals surface area contributed by atoms with Crippen molar-refractivity contribution in [3.63, 3.8) is 0 Å². The van der Waals surface area contributed by atoms with E-state index in [4.69, 9.17) is 0 Å². The molecule has 0 aromatic heterocycles. The molecule has 0 spiro atoms. The van der Waals surface area contributed by atoms with Crippen LogP contribution in [0.4, 0.5) is 4.79 Å². The number of urea groups is 1. The van der Waals surface area contributed by atoms with Gasteiger partial charge >= 0.3 is 12.0 Å². The molecular formula is C14H25N3O4. The molecule has 0 bridgehead atoms. The van der Waals surface area contributed by atoms with Crippen LogP contribution in [0.1, 0.15) is 45.4 Å². The van der Waals surface area contributed by atoms with Gasteiger partial charge < -0.3 is 21.1 Å². The van der Waals surface area contributed by atoms with Crippen LogP contribution in [0.3, 0.4) is 0 Å². The van der Waals surface area contributed by atoms with E-state index in [2.05, 4.69) is 16.0 Å². The van der Waals surface area contributed by atoms with Crippen molar-refractivity contribution in [3.05, 3.63) is 0 Å². The summed E-state index contributed by atoms with van der Waals surface area (Å²) >= 11 is 0. The average molecular weight is 299 g/mol. The number of amides is 3. The lowest BCUT2D eigenvalue weighted by Gasteiger charge is -2.28. The molecular weight excluding hydrogens is 274 g/mol. The fraction of sp³-hybridized carbons (Fsp3) is 0.786. The molecule has 0 unspecified atom stereocenters. The summed E-state index contributed by atoms with van der Waals surface area (Å²) in [4.78, 5) is 34.4. The Morgan fingerprint density at radius 1 is 1.00 bits per heavy atom. The van der Waals surface area contributed by atoms with Crippen LogP contribution in [0.2, 0.25) is 0 Å². The third-order valence-electron chi connectivity index (χ3n) is 3.89. The standard InChI is InChI=1S/C14H25N3O4/c1-2-15-11(18)9-16-13(21)17-10-14(12(19)20)7-5-3-4-6-8-14/h2-10H2,1H3,(H,15,18)(H,19,20)(H2,16,17,21). The minimum atomic E-state index is -0.875. The van der Waals surface area contributed by atoms with Gasteiger partial charge in [-0.15, -0.1) is 0 Å². The lowest BCUT2D eigenvalue weighted by Crippen LogP contribution is -2.48. The number of nitrogens with one attached hydrogen (secondary N) is 3. The van der Waals surface area contributed by atoms with E-state index in [1.165, 1.54) is 0 Å². The summed E-state index contributed by atoms with van der Waals surface area (Å²) < 4.78 is 0. The number of rotatable bonds is 6. The number of hydrogen-bond acceptors (Lipinski definition) is 3. The summed E-state index contributed by atoms with van der Waals surface area (Å²) in [5.41, 5.74) is -0.875. The predicted octanol–water partition coefficient (Wildman–Crippen LogP) is 0.847. The quantitative estimate of drug-likeness (QED) is 0.545. The minimum Gasteiger partial charge on any atom is -0.481 e. The van der Waals surface area contributed by atoms with Crippen LogP contribution in [0.25, 0.3) is 0 Å². The highest BCUT2D eigenvalue weighted by molar-refractivity contribution is 5.84. The molecule has 0 radical (unpaired) electrons. The zero-order valence-corrected chi connectivity index (χ0v) is 12.5. The molecule has 3 amide bonds. The molecule has 0 heterocycles. The molecule has 0 saturated heterocycles. The largest absolute Gasteiger partial charge is 0.481 e. The molecule has 4 N–H and O–H groups in total. The maximum absolute atomic E-state index is 11.7. The molecule has 1 aliphatic carbocycles. The molecule has 0 aliphatic heterocycles. The lowest BCUT2D eigenvalue weighted by atomic mass is 9.80. The minimum absolute atomic E-state index is 0.101. The van der Waals surface area contributed by atoms with E-state index in [0.717, 1.165) is 25.7 Å². The third-order valence-corrected chi connectivity index (χ3v) is 3.89. The van der Waals surface area contributed by atoms with E-state index in [1.54, 1.807) is 6.92 Å². The van der Waals surface area contributed by atoms with Gasteiger partial charge in [0.2, 0.25) is 5.91 Å². The first kappa shape index (κ1) is 17.3. The molecule has 1 fully saturated rings. The van der Waals surface area contributed by atoms with Crippen LogP contribution in [0.15, 0.2) is 0 Å². The van der Waals surface area contributed by atoms with Crippen molar-refractivity contribution in [2.45, 2.75) is 45.4 Å². The van der Waals surface area contributed by atoms with Crippen molar-refractivity contribution in [3.8, 4) is 0 Å². The van der Waals surface area contributed by atoms with E-state index in [1.807, 2.05) is 0 Å². The second kappa shape index (κ2) is 8.49. The van der Waals surface area contributed by atoms with Crippen LogP contribution >= 0.6 is 0 Å². The molecule has 21 heavy (non-hydrogen) atoms. The van der Waals surface area contributed by atoms with Gasteiger partial charge in [0.05, 0.1) is 12.0 Å². The monoisotopic (exact) mass is 299 g/mol. The highest BCUT2D eigenvalue weighted by Gasteiger charge is 2.38. The molecule has 1 saturated carbocycles. The molecule has 0 atom stereocenters. The summed E-state index contributed by atoms with van der Waals surface area (Å²) in [7, 11) is 0. The molecule has 0 aromatic carbocycles. The van der Waals surface area contributed by atoms with Crippen LogP contribution in [0, 0.1) is 5.41 Å². The van der Waals surface area contributed by atoms with Crippen LogP contribution in [0.5, 0.6) is 0 Å². The Labute approximate surface area is 124 Å². The molecule has 7 heteroatoms. The van der Waals surface area contributed by atoms with E-state index >= 15 is 0 Å². The highest BCUT2D eigenvalue weighted by Crippen LogP contribution is 2.34. The van der Waals surface area contributed by atoms with Crippen molar-refractivity contribution in [2.24, 2.45) is 5.41 Å². The number of carboxylic acid groups (broad SMARTS) is 1. The summed E-state index contributed by atoms with van der Waals surface area (Å²) in [6.07, 6.45) is 4.98. The summed E-state index contributed by atoms with van der Waals surface area (Å²) in [6.45, 7) is 2.29. The second-order valence-electron chi connectivity index (χ2n) is 5.49. The first-order valence-corrected chi connectivity index (χ1v) is 7.52. The van der Waals surface area contributed by atoms with Crippen molar-refractivity contribution in [1.29, 1.82) is 0 Å². The van der Waals surface area contributed by atoms with E-state index in [-0.39, 0.29) is 19.0 Å². The van der Waals surface area contributed by atoms with Gasteiger partial charge in [-0.25, -0.2) is 4.79 Å². The Morgan fingerprint density at radius 3 is 2.14 bits per heavy atom. The van der Waals surface area contributed by atoms with Gasteiger partial charge in [-0.3, -0.25) is 9.59 Å². The SMILES string of the molecule is CCNC(=O)CNC(=O)NCC1(C(=O)O)CCCCCC1. The number of carboxylic acids is 1. The van der Waals surface area contributed by atoms with Gasteiger partial charge in [-0.2, -0.15) is 0 Å². The fourth-order valence-corrected chi connectivity index (χ4v) is 2.60. The van der Waals surface area contributed by atoms with Crippen LogP contribution in [-0.2, 0) is 9.59 Å². The van der Waals surface area contributed by atoms with Gasteiger partial charge in [0.1, 0.15) is 0 Å². The van der Waals surface area contributed by atoms with Crippen LogP contribution < -0.4 is 16.0 Å². The molecule has 120 valence electrons. The second-order valence-corrected chi connectivity index (χ2v) is 5.49. The van der Waals surface area contributed by atoms with Crippen molar-refractivity contribution in [1.82, 2.24) is 16.0 Å². The number of carbonyl (C=O) groups excluding carboxylic acids is 2. The molecule has 1 aliphatic rings. The van der Waals surface area contributed by atoms with E-state index < -0.39 is 17.4 Å². The Bertz CT molecular complexity index is 376. The Balaban J connectivity index is 2.44. The Kier molecular flexibility index (Phi) is 6.98. The van der Waals surface area contributed by atoms with Gasteiger partial charge in [0, 0.05) is 13.1 Å². The third kappa shape index (κ3) is 5.61. The van der Waals surface area contributed by atoms with E-state index in [0.29, 0.717) is 19.4 Å². The summed E-state index contributed by atoms with van der Waals surface area (Å²) in [6, 6.07) is -0.508. The molecule has 0 aromatic rings. The van der Waals surface area contributed by atoms with Crippen molar-refractivity contribution in [2.75, 3.05) is 19.6 Å². The smallest absolute Gasteiger partial charge is 0.315 e. The fourth-order valence-electron chi connectivity index (χ4n) is 2.60. The van der Waals surface area contributed by atoms with Gasteiger partial charge in [-0.1, -0.05) is 25.7 Å². The summed E-state index contributed by atoms with van der Waals surface area (Å²) in [5, 5.41) is 17.1. The normalized spacial score (nSPS) is 17.4. The first-order valence-electron chi connectivity index (χ1n) is 7.52. The molecule has 7 nitrogen and oxygen atoms in total. The number of likely N-dealkylation sites (N-methyl/N-ethyl adjacent to an activating group) is 1. The van der Waals surface area contributed by atoms with Gasteiger partial charge in [0.25, 0.3) is 0 Å². The summed E-state index contributed by atoms with van der Waals surface area (Å²) in [5.74, 6) is -1.12. The average Bonchev–Trinajstić information content (AvgIpc) is 2.70. The van der Waals surface area contributed by atoms with Crippen LogP contribution in [-0.4, -0.2) is 42.6 Å². The molecule has 1 rings (SSSR count). The lowest BCUT2D eigenvalue weighted by molar-refractivity contribution is -0.149. The number of aliphatic carboxylic acids is 1. The predicted molar refractivity (Wildman–Crippen MR) is 77.9 cm³/mol. The van der Waals surface area contributed by atoms with Gasteiger partial charge in [-0.05, 0) is 19.8 Å². The van der Waals surface area contributed by atoms with Crippen molar-refractivity contribution >= 4 is 17.9 Å². The highest BCUT2D eigenvalue weighted by atomic mass is 16.4. The first-order chi connectivity index (χ1) is 10.00. The Hall–Kier alpha value is -1.79. The number of carbonyl (C=O) groups is 3. The van der Waals surface area contributed by atoms with Crippen molar-refractivity contribution < 1.29 is 19.5 Å². The zero-order chi connectivity index (χ0) is 15.7. The zero-order valence-electron chi connectivity index (χ0n) is 12.5. The van der Waals surface area contributed by atoms with Gasteiger partial charge in [0.15, 0.2) is 0 Å². The number of hydrogen-bond donors (Lipinski definition) is 4. The topological polar surface area (TPSA) is 108 Å². The maximum atomic E-state index is 11.7. The van der Waals surface area contributed by atoms with E-state index in [9.17, 15) is 19.5 Å².